The van der Waals surface area contributed by atoms with Gasteiger partial charge < -0.3 is 4.90 Å². The molecule has 1 aromatic rings. The topological polar surface area (TPSA) is 23.6 Å². The molecule has 0 atom stereocenters. The molecule has 0 N–H and O–H groups in total. The van der Waals surface area contributed by atoms with Crippen molar-refractivity contribution in [3.63, 3.8) is 0 Å². The molecule has 1 amide bonds. The first-order chi connectivity index (χ1) is 9.20. The molecule has 0 aliphatic carbocycles. The third kappa shape index (κ3) is 4.65. The molecule has 112 valence electrons. The minimum atomic E-state index is 0. The van der Waals surface area contributed by atoms with Gasteiger partial charge in [-0.15, -0.1) is 12.4 Å². The summed E-state index contributed by atoms with van der Waals surface area (Å²) in [5, 5.41) is 0.826. The van der Waals surface area contributed by atoms with E-state index < -0.39 is 0 Å². The maximum absolute atomic E-state index is 11.8. The molecule has 0 unspecified atom stereocenters. The summed E-state index contributed by atoms with van der Waals surface area (Å²) in [7, 11) is 0. The van der Waals surface area contributed by atoms with Crippen LogP contribution in [0, 0.1) is 0 Å². The summed E-state index contributed by atoms with van der Waals surface area (Å²) in [4.78, 5) is 16.1. The predicted molar refractivity (Wildman–Crippen MR) is 85.5 cm³/mol. The van der Waals surface area contributed by atoms with E-state index in [1.807, 2.05) is 30.0 Å². The van der Waals surface area contributed by atoms with Gasteiger partial charge in [0.15, 0.2) is 0 Å². The lowest BCUT2D eigenvalue weighted by Gasteiger charge is -2.35. The van der Waals surface area contributed by atoms with Gasteiger partial charge in [0.1, 0.15) is 0 Å². The summed E-state index contributed by atoms with van der Waals surface area (Å²) in [5.74, 6) is 0.292. The van der Waals surface area contributed by atoms with E-state index in [9.17, 15) is 4.79 Å². The van der Waals surface area contributed by atoms with Gasteiger partial charge >= 0.3 is 0 Å². The molecule has 20 heavy (non-hydrogen) atoms. The summed E-state index contributed by atoms with van der Waals surface area (Å²) in [6.45, 7) is 6.45. The Balaban J connectivity index is 0.00000200. The summed E-state index contributed by atoms with van der Waals surface area (Å²) in [6.07, 6.45) is 1.60. The minimum absolute atomic E-state index is 0. The summed E-state index contributed by atoms with van der Waals surface area (Å²) < 4.78 is 0. The van der Waals surface area contributed by atoms with Gasteiger partial charge in [0.2, 0.25) is 5.91 Å². The molecule has 0 aromatic heterocycles. The van der Waals surface area contributed by atoms with Crippen molar-refractivity contribution < 1.29 is 4.79 Å². The molecule has 1 aliphatic rings. The molecule has 2 rings (SSSR count). The fraction of sp³-hybridized carbons (Fsp3) is 0.533. The van der Waals surface area contributed by atoms with Crippen molar-refractivity contribution in [2.75, 3.05) is 26.2 Å². The van der Waals surface area contributed by atoms with Gasteiger partial charge in [-0.2, -0.15) is 0 Å². The predicted octanol–water partition coefficient (Wildman–Crippen LogP) is 3.21. The molecular weight excluding hydrogens is 295 g/mol. The Morgan fingerprint density at radius 2 is 1.85 bits per heavy atom. The van der Waals surface area contributed by atoms with E-state index in [4.69, 9.17) is 11.6 Å². The van der Waals surface area contributed by atoms with E-state index >= 15 is 0 Å². The summed E-state index contributed by atoms with van der Waals surface area (Å²) in [5.41, 5.74) is 1.16. The van der Waals surface area contributed by atoms with Crippen LogP contribution in [0.4, 0.5) is 0 Å². The second-order valence-electron chi connectivity index (χ2n) is 5.00. The number of hydrogen-bond acceptors (Lipinski definition) is 2. The molecule has 1 fully saturated rings. The second kappa shape index (κ2) is 8.50. The number of benzene rings is 1. The van der Waals surface area contributed by atoms with Crippen LogP contribution in [0.1, 0.15) is 25.3 Å². The Morgan fingerprint density at radius 3 is 2.45 bits per heavy atom. The zero-order valence-electron chi connectivity index (χ0n) is 11.8. The molecule has 3 nitrogen and oxygen atoms in total. The van der Waals surface area contributed by atoms with E-state index in [0.29, 0.717) is 12.3 Å². The highest BCUT2D eigenvalue weighted by Gasteiger charge is 2.20. The van der Waals surface area contributed by atoms with Crippen LogP contribution >= 0.6 is 24.0 Å². The number of piperazine rings is 1. The van der Waals surface area contributed by atoms with Crippen molar-refractivity contribution in [3.8, 4) is 0 Å². The molecule has 5 heteroatoms. The van der Waals surface area contributed by atoms with Crippen molar-refractivity contribution >= 4 is 29.9 Å². The van der Waals surface area contributed by atoms with E-state index in [2.05, 4.69) is 11.0 Å². The number of nitrogens with zero attached hydrogens (tertiary/aromatic N) is 2. The smallest absolute Gasteiger partial charge is 0.222 e. The molecule has 1 aliphatic heterocycles. The number of hydrogen-bond donors (Lipinski definition) is 0. The monoisotopic (exact) mass is 316 g/mol. The zero-order valence-corrected chi connectivity index (χ0v) is 13.4. The fourth-order valence-electron chi connectivity index (χ4n) is 2.39. The number of amides is 1. The van der Waals surface area contributed by atoms with Crippen LogP contribution in [0.2, 0.25) is 5.02 Å². The molecule has 1 saturated heterocycles. The van der Waals surface area contributed by atoms with Gasteiger partial charge in [-0.05, 0) is 18.1 Å². The maximum atomic E-state index is 11.8. The first-order valence-electron chi connectivity index (χ1n) is 6.94. The lowest BCUT2D eigenvalue weighted by atomic mass is 10.2. The SMILES string of the molecule is CCCC(=O)N1CCN(Cc2ccccc2Cl)CC1.Cl. The highest BCUT2D eigenvalue weighted by atomic mass is 35.5. The number of carbonyl (C=O) groups is 1. The Morgan fingerprint density at radius 1 is 1.20 bits per heavy atom. The van der Waals surface area contributed by atoms with E-state index in [0.717, 1.165) is 49.7 Å². The second-order valence-corrected chi connectivity index (χ2v) is 5.41. The van der Waals surface area contributed by atoms with E-state index in [1.54, 1.807) is 0 Å². The Hall–Kier alpha value is -0.770. The van der Waals surface area contributed by atoms with Crippen molar-refractivity contribution in [3.05, 3.63) is 34.9 Å². The number of rotatable bonds is 4. The van der Waals surface area contributed by atoms with Crippen molar-refractivity contribution in [1.82, 2.24) is 9.80 Å². The van der Waals surface area contributed by atoms with Crippen LogP contribution in [-0.2, 0) is 11.3 Å². The van der Waals surface area contributed by atoms with Crippen LogP contribution < -0.4 is 0 Å². The van der Waals surface area contributed by atoms with Gasteiger partial charge in [-0.3, -0.25) is 9.69 Å². The molecule has 0 spiro atoms. The summed E-state index contributed by atoms with van der Waals surface area (Å²) >= 11 is 6.17. The van der Waals surface area contributed by atoms with Gasteiger partial charge in [0.25, 0.3) is 0 Å². The molecule has 1 heterocycles. The number of halogens is 2. The first-order valence-corrected chi connectivity index (χ1v) is 7.32. The van der Waals surface area contributed by atoms with E-state index in [-0.39, 0.29) is 12.4 Å². The lowest BCUT2D eigenvalue weighted by molar-refractivity contribution is -0.133. The minimum Gasteiger partial charge on any atom is -0.340 e. The van der Waals surface area contributed by atoms with Gasteiger partial charge in [0.05, 0.1) is 0 Å². The van der Waals surface area contributed by atoms with Crippen LogP contribution in [0.25, 0.3) is 0 Å². The van der Waals surface area contributed by atoms with Gasteiger partial charge in [0, 0.05) is 44.2 Å². The van der Waals surface area contributed by atoms with Crippen LogP contribution in [0.15, 0.2) is 24.3 Å². The van der Waals surface area contributed by atoms with Crippen LogP contribution in [-0.4, -0.2) is 41.9 Å². The number of carbonyl (C=O) groups excluding carboxylic acids is 1. The van der Waals surface area contributed by atoms with Crippen molar-refractivity contribution in [2.24, 2.45) is 0 Å². The van der Waals surface area contributed by atoms with Gasteiger partial charge in [-0.25, -0.2) is 0 Å². The average Bonchev–Trinajstić information content (AvgIpc) is 2.42. The largest absolute Gasteiger partial charge is 0.340 e. The van der Waals surface area contributed by atoms with Crippen molar-refractivity contribution in [2.45, 2.75) is 26.3 Å². The Kier molecular flexibility index (Phi) is 7.35. The highest BCUT2D eigenvalue weighted by Crippen LogP contribution is 2.18. The van der Waals surface area contributed by atoms with Crippen molar-refractivity contribution in [1.29, 1.82) is 0 Å². The molecule has 0 bridgehead atoms. The molecule has 0 saturated carbocycles. The molecular formula is C15H22Cl2N2O. The fourth-order valence-corrected chi connectivity index (χ4v) is 2.59. The average molecular weight is 317 g/mol. The zero-order chi connectivity index (χ0) is 13.7. The third-order valence-electron chi connectivity index (χ3n) is 3.54. The van der Waals surface area contributed by atoms with E-state index in [1.165, 1.54) is 0 Å². The highest BCUT2D eigenvalue weighted by molar-refractivity contribution is 6.31. The normalized spacial score (nSPS) is 15.8. The Labute approximate surface area is 132 Å². The standard InChI is InChI=1S/C15H21ClN2O.ClH/c1-2-5-15(19)18-10-8-17(9-11-18)12-13-6-3-4-7-14(13)16;/h3-4,6-7H,2,5,8-12H2,1H3;1H. The lowest BCUT2D eigenvalue weighted by Crippen LogP contribution is -2.48. The Bertz CT molecular complexity index is 432. The van der Waals surface area contributed by atoms with Crippen LogP contribution in [0.3, 0.4) is 0 Å². The van der Waals surface area contributed by atoms with Crippen LogP contribution in [0.5, 0.6) is 0 Å². The van der Waals surface area contributed by atoms with Gasteiger partial charge in [-0.1, -0.05) is 36.7 Å². The first kappa shape index (κ1) is 17.3. The molecule has 0 radical (unpaired) electrons. The summed E-state index contributed by atoms with van der Waals surface area (Å²) in [6, 6.07) is 7.96. The molecule has 1 aromatic carbocycles. The third-order valence-corrected chi connectivity index (χ3v) is 3.91. The maximum Gasteiger partial charge on any atom is 0.222 e. The quantitative estimate of drug-likeness (QED) is 0.851.